The van der Waals surface area contributed by atoms with Crippen LogP contribution < -0.4 is 0 Å². The maximum atomic E-state index is 13.2. The second-order valence-electron chi connectivity index (χ2n) is 12.9. The Balaban J connectivity index is 1.04. The van der Waals surface area contributed by atoms with Gasteiger partial charge in [-0.1, -0.05) is 42.5 Å². The summed E-state index contributed by atoms with van der Waals surface area (Å²) in [6, 6.07) is 22.8. The van der Waals surface area contributed by atoms with Crippen molar-refractivity contribution in [3.05, 3.63) is 95.6 Å². The fourth-order valence-electron chi connectivity index (χ4n) is 8.25. The Bertz CT molecular complexity index is 1610. The number of pyridine rings is 1. The zero-order chi connectivity index (χ0) is 30.5. The summed E-state index contributed by atoms with van der Waals surface area (Å²) in [5.41, 5.74) is 2.77. The van der Waals surface area contributed by atoms with Gasteiger partial charge in [0.05, 0.1) is 16.6 Å². The fourth-order valence-corrected chi connectivity index (χ4v) is 8.25. The molecular weight excluding hydrogens is 563 g/mol. The molecule has 0 aliphatic carbocycles. The molecule has 9 heteroatoms. The number of benzene rings is 2. The lowest BCUT2D eigenvalue weighted by Crippen LogP contribution is -2.49. The molecule has 4 aromatic rings. The van der Waals surface area contributed by atoms with Crippen LogP contribution in [0.5, 0.6) is 0 Å². The van der Waals surface area contributed by atoms with E-state index in [-0.39, 0.29) is 17.0 Å². The first kappa shape index (κ1) is 29.0. The largest absolute Gasteiger partial charge is 0.417 e. The number of amides is 1. The van der Waals surface area contributed by atoms with Gasteiger partial charge in [-0.2, -0.15) is 13.2 Å². The van der Waals surface area contributed by atoms with Crippen LogP contribution in [0.1, 0.15) is 78.4 Å². The summed E-state index contributed by atoms with van der Waals surface area (Å²) in [4.78, 5) is 26.4. The molecule has 2 aromatic heterocycles. The van der Waals surface area contributed by atoms with E-state index >= 15 is 0 Å². The molecule has 3 fully saturated rings. The molecule has 0 radical (unpaired) electrons. The predicted molar refractivity (Wildman–Crippen MR) is 163 cm³/mol. The number of fused-ring (bicyclic) bond motifs is 3. The number of para-hydroxylation sites is 2. The number of likely N-dealkylation sites (tertiary alicyclic amines) is 1. The molecule has 3 aliphatic rings. The first-order chi connectivity index (χ1) is 21.2. The number of hydrogen-bond donors (Lipinski definition) is 0. The maximum absolute atomic E-state index is 13.2. The van der Waals surface area contributed by atoms with Crippen LogP contribution in [-0.4, -0.2) is 62.0 Å². The molecular formula is C35H38F3N5O. The van der Waals surface area contributed by atoms with E-state index in [9.17, 15) is 18.0 Å². The van der Waals surface area contributed by atoms with E-state index in [2.05, 4.69) is 69.9 Å². The summed E-state index contributed by atoms with van der Waals surface area (Å²) in [6.45, 7) is 4.26. The monoisotopic (exact) mass is 601 g/mol. The minimum absolute atomic E-state index is 0.0565. The van der Waals surface area contributed by atoms with Crippen LogP contribution in [0.2, 0.25) is 0 Å². The molecule has 6 nitrogen and oxygen atoms in total. The van der Waals surface area contributed by atoms with Crippen molar-refractivity contribution in [3.8, 4) is 0 Å². The zero-order valence-corrected chi connectivity index (χ0v) is 25.0. The number of alkyl halides is 3. The van der Waals surface area contributed by atoms with Gasteiger partial charge in [-0.15, -0.1) is 0 Å². The molecule has 7 rings (SSSR count). The molecule has 2 aromatic carbocycles. The van der Waals surface area contributed by atoms with Gasteiger partial charge in [-0.25, -0.2) is 4.98 Å². The van der Waals surface area contributed by atoms with Crippen molar-refractivity contribution < 1.29 is 18.0 Å². The Kier molecular flexibility index (Phi) is 7.47. The lowest BCUT2D eigenvalue weighted by molar-refractivity contribution is -0.137. The van der Waals surface area contributed by atoms with E-state index < -0.39 is 11.7 Å². The van der Waals surface area contributed by atoms with Crippen molar-refractivity contribution >= 4 is 16.9 Å². The topological polar surface area (TPSA) is 54.3 Å². The molecule has 2 bridgehead atoms. The average molecular weight is 602 g/mol. The zero-order valence-electron chi connectivity index (χ0n) is 25.0. The number of imidazole rings is 1. The second-order valence-corrected chi connectivity index (χ2v) is 12.9. The highest BCUT2D eigenvalue weighted by Crippen LogP contribution is 2.45. The summed E-state index contributed by atoms with van der Waals surface area (Å²) in [5, 5.41) is 0. The number of nitrogens with zero attached hydrogens (tertiary/aromatic N) is 5. The molecule has 5 heterocycles. The van der Waals surface area contributed by atoms with Crippen LogP contribution in [0.15, 0.2) is 72.9 Å². The number of piperidine rings is 2. The van der Waals surface area contributed by atoms with Crippen LogP contribution in [0.3, 0.4) is 0 Å². The number of aryl methyl sites for hydroxylation is 1. The van der Waals surface area contributed by atoms with Crippen molar-refractivity contribution in [1.29, 1.82) is 0 Å². The van der Waals surface area contributed by atoms with Gasteiger partial charge in [-0.05, 0) is 93.7 Å². The van der Waals surface area contributed by atoms with Gasteiger partial charge in [0.25, 0.3) is 5.91 Å². The lowest BCUT2D eigenvalue weighted by atomic mass is 9.70. The highest BCUT2D eigenvalue weighted by molar-refractivity contribution is 5.92. The Labute approximate surface area is 255 Å². The molecule has 0 spiro atoms. The van der Waals surface area contributed by atoms with Crippen molar-refractivity contribution in [3.63, 3.8) is 0 Å². The van der Waals surface area contributed by atoms with Gasteiger partial charge in [0.1, 0.15) is 11.5 Å². The predicted octanol–water partition coefficient (Wildman–Crippen LogP) is 7.19. The van der Waals surface area contributed by atoms with E-state index in [0.29, 0.717) is 31.2 Å². The summed E-state index contributed by atoms with van der Waals surface area (Å²) < 4.78 is 41.5. The fraction of sp³-hybridized carbons (Fsp3) is 0.457. The first-order valence-corrected chi connectivity index (χ1v) is 15.8. The Morgan fingerprint density at radius 3 is 2.25 bits per heavy atom. The SMILES string of the molecule is Cc1nc2ccccc2n1C1C[C@H]2CC[C@@H](C1)N2CCC1(c2ccccc2)CCN(C(=O)c2ccc(C(F)(F)F)cn2)CC1. The first-order valence-electron chi connectivity index (χ1n) is 15.8. The Morgan fingerprint density at radius 2 is 1.59 bits per heavy atom. The number of carbonyl (C=O) groups excluding carboxylic acids is 1. The standard InChI is InChI=1S/C35H38F3N5O/c1-24-40-30-9-5-6-10-32(30)43(24)29-21-27-12-13-28(22-29)42(27)20-17-34(25-7-3-2-4-8-25)15-18-41(19-16-34)33(44)31-14-11-26(23-39-31)35(36,37)38/h2-11,14,23,27-29H,12-13,15-22H2,1H3/t27-,28+,29?. The third-order valence-corrected chi connectivity index (χ3v) is 10.5. The summed E-state index contributed by atoms with van der Waals surface area (Å²) in [5.74, 6) is 0.794. The molecule has 3 atom stereocenters. The molecule has 1 amide bonds. The van der Waals surface area contributed by atoms with Crippen LogP contribution in [0.4, 0.5) is 13.2 Å². The summed E-state index contributed by atoms with van der Waals surface area (Å²) in [6.07, 6.45) is 3.65. The van der Waals surface area contributed by atoms with Crippen LogP contribution in [0.25, 0.3) is 11.0 Å². The van der Waals surface area contributed by atoms with Crippen molar-refractivity contribution in [2.45, 2.75) is 81.6 Å². The van der Waals surface area contributed by atoms with Gasteiger partial charge in [-0.3, -0.25) is 14.7 Å². The van der Waals surface area contributed by atoms with E-state index in [1.807, 2.05) is 6.07 Å². The average Bonchev–Trinajstić information content (AvgIpc) is 3.50. The number of hydrogen-bond acceptors (Lipinski definition) is 4. The number of aromatic nitrogens is 3. The van der Waals surface area contributed by atoms with Crippen molar-refractivity contribution in [2.24, 2.45) is 0 Å². The molecule has 0 saturated carbocycles. The molecule has 44 heavy (non-hydrogen) atoms. The maximum Gasteiger partial charge on any atom is 0.417 e. The van der Waals surface area contributed by atoms with E-state index in [4.69, 9.17) is 4.98 Å². The highest BCUT2D eigenvalue weighted by Gasteiger charge is 2.44. The van der Waals surface area contributed by atoms with Crippen LogP contribution in [-0.2, 0) is 11.6 Å². The Hall–Kier alpha value is -3.72. The van der Waals surface area contributed by atoms with Gasteiger partial charge >= 0.3 is 6.18 Å². The lowest BCUT2D eigenvalue weighted by Gasteiger charge is -2.45. The van der Waals surface area contributed by atoms with Crippen LogP contribution in [0, 0.1) is 6.92 Å². The van der Waals surface area contributed by atoms with Gasteiger partial charge < -0.3 is 9.47 Å². The highest BCUT2D eigenvalue weighted by atomic mass is 19.4. The quantitative estimate of drug-likeness (QED) is 0.235. The molecule has 1 unspecified atom stereocenters. The number of halogens is 3. The van der Waals surface area contributed by atoms with E-state index in [1.165, 1.54) is 30.0 Å². The minimum atomic E-state index is -4.48. The smallest absolute Gasteiger partial charge is 0.337 e. The number of carbonyl (C=O) groups is 1. The third kappa shape index (κ3) is 5.29. The molecule has 230 valence electrons. The third-order valence-electron chi connectivity index (χ3n) is 10.5. The van der Waals surface area contributed by atoms with E-state index in [1.54, 1.807) is 4.90 Å². The summed E-state index contributed by atoms with van der Waals surface area (Å²) in [7, 11) is 0. The van der Waals surface area contributed by atoms with Crippen molar-refractivity contribution in [2.75, 3.05) is 19.6 Å². The number of rotatable bonds is 6. The van der Waals surface area contributed by atoms with Crippen LogP contribution >= 0.6 is 0 Å². The molecule has 3 aliphatic heterocycles. The molecule has 0 N–H and O–H groups in total. The summed E-state index contributed by atoms with van der Waals surface area (Å²) >= 11 is 0. The Morgan fingerprint density at radius 1 is 0.909 bits per heavy atom. The van der Waals surface area contributed by atoms with Crippen molar-refractivity contribution in [1.82, 2.24) is 24.3 Å². The minimum Gasteiger partial charge on any atom is -0.337 e. The van der Waals surface area contributed by atoms with E-state index in [0.717, 1.165) is 62.3 Å². The van der Waals surface area contributed by atoms with Gasteiger partial charge in [0.2, 0.25) is 0 Å². The van der Waals surface area contributed by atoms with Gasteiger partial charge in [0.15, 0.2) is 0 Å². The second kappa shape index (κ2) is 11.3. The molecule has 3 saturated heterocycles. The van der Waals surface area contributed by atoms with Gasteiger partial charge in [0, 0.05) is 37.4 Å². The normalized spacial score (nSPS) is 23.7.